The highest BCUT2D eigenvalue weighted by molar-refractivity contribution is 7.89. The second kappa shape index (κ2) is 7.88. The third-order valence-corrected chi connectivity index (χ3v) is 5.42. The van der Waals surface area contributed by atoms with Gasteiger partial charge in [0.2, 0.25) is 10.0 Å². The van der Waals surface area contributed by atoms with Crippen LogP contribution in [0, 0.1) is 13.8 Å². The molecule has 1 heterocycles. The summed E-state index contributed by atoms with van der Waals surface area (Å²) in [4.78, 5) is 0.0790. The van der Waals surface area contributed by atoms with E-state index in [0.29, 0.717) is 30.4 Å². The Labute approximate surface area is 148 Å². The molecule has 0 bridgehead atoms. The molecule has 7 nitrogen and oxygen atoms in total. The van der Waals surface area contributed by atoms with Gasteiger partial charge in [-0.05, 0) is 52.3 Å². The predicted molar refractivity (Wildman–Crippen MR) is 93.5 cm³/mol. The van der Waals surface area contributed by atoms with E-state index in [-0.39, 0.29) is 10.7 Å². The number of nitrogens with one attached hydrogen (secondary N) is 1. The van der Waals surface area contributed by atoms with Crippen LogP contribution >= 0.6 is 0 Å². The molecule has 0 aliphatic carbocycles. The molecular formula is C17H24N2O5S. The van der Waals surface area contributed by atoms with Gasteiger partial charge in [-0.1, -0.05) is 11.2 Å². The summed E-state index contributed by atoms with van der Waals surface area (Å²) < 4.78 is 44.0. The van der Waals surface area contributed by atoms with Gasteiger partial charge >= 0.3 is 0 Å². The zero-order valence-corrected chi connectivity index (χ0v) is 15.9. The zero-order chi connectivity index (χ0) is 18.6. The molecule has 0 amide bonds. The molecule has 25 heavy (non-hydrogen) atoms. The molecule has 1 atom stereocenters. The van der Waals surface area contributed by atoms with Gasteiger partial charge in [-0.3, -0.25) is 0 Å². The third kappa shape index (κ3) is 4.32. The minimum Gasteiger partial charge on any atom is -0.490 e. The molecule has 0 aliphatic rings. The first-order chi connectivity index (χ1) is 11.8. The molecule has 8 heteroatoms. The summed E-state index contributed by atoms with van der Waals surface area (Å²) in [5.41, 5.74) is 1.10. The monoisotopic (exact) mass is 368 g/mol. The molecule has 1 aromatic heterocycles. The van der Waals surface area contributed by atoms with E-state index >= 15 is 0 Å². The van der Waals surface area contributed by atoms with Crippen molar-refractivity contribution >= 4 is 10.0 Å². The molecule has 1 N–H and O–H groups in total. The lowest BCUT2D eigenvalue weighted by Crippen LogP contribution is -2.27. The average Bonchev–Trinajstić information content (AvgIpc) is 2.88. The Morgan fingerprint density at radius 3 is 2.36 bits per heavy atom. The summed E-state index contributed by atoms with van der Waals surface area (Å²) in [5, 5.41) is 3.70. The molecule has 0 fully saturated rings. The second-order valence-corrected chi connectivity index (χ2v) is 7.22. The van der Waals surface area contributed by atoms with E-state index in [1.54, 1.807) is 32.9 Å². The summed E-state index contributed by atoms with van der Waals surface area (Å²) in [6.45, 7) is 9.72. The van der Waals surface area contributed by atoms with Crippen molar-refractivity contribution in [3.63, 3.8) is 0 Å². The average molecular weight is 368 g/mol. The Bertz CT molecular complexity index is 810. The quantitative estimate of drug-likeness (QED) is 0.770. The van der Waals surface area contributed by atoms with Crippen LogP contribution in [0.5, 0.6) is 11.5 Å². The number of rotatable bonds is 8. The standard InChI is InChI=1S/C17H24N2O5S/c1-6-22-15-9-8-14(10-16(15)23-7-2)11(3)19-25(20,21)17-12(4)18-24-13(17)5/h8-11,19H,6-7H2,1-5H3. The topological polar surface area (TPSA) is 90.7 Å². The van der Waals surface area contributed by atoms with Crippen molar-refractivity contribution in [2.75, 3.05) is 13.2 Å². The lowest BCUT2D eigenvalue weighted by atomic mass is 10.1. The second-order valence-electron chi connectivity index (χ2n) is 5.57. The molecule has 2 aromatic rings. The lowest BCUT2D eigenvalue weighted by Gasteiger charge is -2.17. The molecule has 2 rings (SSSR count). The van der Waals surface area contributed by atoms with Crippen molar-refractivity contribution in [2.24, 2.45) is 0 Å². The van der Waals surface area contributed by atoms with Crippen LogP contribution in [0.3, 0.4) is 0 Å². The van der Waals surface area contributed by atoms with Gasteiger partial charge in [0.25, 0.3) is 0 Å². The molecular weight excluding hydrogens is 344 g/mol. The van der Waals surface area contributed by atoms with Crippen molar-refractivity contribution < 1.29 is 22.4 Å². The minimum atomic E-state index is -3.75. The molecule has 0 saturated heterocycles. The summed E-state index contributed by atoms with van der Waals surface area (Å²) in [5.74, 6) is 1.48. The maximum Gasteiger partial charge on any atom is 0.246 e. The van der Waals surface area contributed by atoms with Crippen molar-refractivity contribution in [1.29, 1.82) is 0 Å². The fourth-order valence-corrected chi connectivity index (χ4v) is 4.12. The maximum atomic E-state index is 12.6. The van der Waals surface area contributed by atoms with E-state index in [4.69, 9.17) is 14.0 Å². The van der Waals surface area contributed by atoms with Gasteiger partial charge in [0, 0.05) is 6.04 Å². The van der Waals surface area contributed by atoms with Crippen molar-refractivity contribution in [1.82, 2.24) is 9.88 Å². The van der Waals surface area contributed by atoms with E-state index in [2.05, 4.69) is 9.88 Å². The summed E-state index contributed by atoms with van der Waals surface area (Å²) in [6.07, 6.45) is 0. The number of hydrogen-bond donors (Lipinski definition) is 1. The SMILES string of the molecule is CCOc1ccc(C(C)NS(=O)(=O)c2c(C)noc2C)cc1OCC. The van der Waals surface area contributed by atoms with E-state index in [1.807, 2.05) is 19.9 Å². The van der Waals surface area contributed by atoms with E-state index in [0.717, 1.165) is 5.56 Å². The van der Waals surface area contributed by atoms with E-state index < -0.39 is 16.1 Å². The first-order valence-corrected chi connectivity index (χ1v) is 9.63. The Morgan fingerprint density at radius 1 is 1.16 bits per heavy atom. The molecule has 0 radical (unpaired) electrons. The van der Waals surface area contributed by atoms with Gasteiger partial charge in [0.05, 0.1) is 13.2 Å². The number of aromatic nitrogens is 1. The van der Waals surface area contributed by atoms with Crippen LogP contribution in [0.15, 0.2) is 27.6 Å². The number of nitrogens with zero attached hydrogens (tertiary/aromatic N) is 1. The lowest BCUT2D eigenvalue weighted by molar-refractivity contribution is 0.287. The third-order valence-electron chi connectivity index (χ3n) is 3.64. The highest BCUT2D eigenvalue weighted by Crippen LogP contribution is 2.31. The van der Waals surface area contributed by atoms with Gasteiger partial charge < -0.3 is 14.0 Å². The van der Waals surface area contributed by atoms with Crippen molar-refractivity contribution in [3.8, 4) is 11.5 Å². The van der Waals surface area contributed by atoms with Crippen LogP contribution in [0.4, 0.5) is 0 Å². The van der Waals surface area contributed by atoms with Crippen LogP contribution in [0.2, 0.25) is 0 Å². The van der Waals surface area contributed by atoms with Gasteiger partial charge in [-0.15, -0.1) is 0 Å². The Kier molecular flexibility index (Phi) is 6.07. The summed E-state index contributed by atoms with van der Waals surface area (Å²) in [7, 11) is -3.75. The molecule has 1 unspecified atom stereocenters. The molecule has 0 aliphatic heterocycles. The number of ether oxygens (including phenoxy) is 2. The highest BCUT2D eigenvalue weighted by atomic mass is 32.2. The number of aryl methyl sites for hydroxylation is 2. The molecule has 0 spiro atoms. The van der Waals surface area contributed by atoms with Crippen LogP contribution in [0.25, 0.3) is 0 Å². The number of sulfonamides is 1. The summed E-state index contributed by atoms with van der Waals surface area (Å²) >= 11 is 0. The zero-order valence-electron chi connectivity index (χ0n) is 15.1. The van der Waals surface area contributed by atoms with Gasteiger partial charge in [0.1, 0.15) is 10.6 Å². The van der Waals surface area contributed by atoms with E-state index in [1.165, 1.54) is 0 Å². The van der Waals surface area contributed by atoms with Crippen LogP contribution < -0.4 is 14.2 Å². The maximum absolute atomic E-state index is 12.6. The highest BCUT2D eigenvalue weighted by Gasteiger charge is 2.26. The molecule has 1 aromatic carbocycles. The first kappa shape index (κ1) is 19.3. The molecule has 0 saturated carbocycles. The molecule has 138 valence electrons. The fourth-order valence-electron chi connectivity index (χ4n) is 2.56. The normalized spacial score (nSPS) is 12.8. The predicted octanol–water partition coefficient (Wildman–Crippen LogP) is 3.13. The number of benzene rings is 1. The van der Waals surface area contributed by atoms with Gasteiger partial charge in [-0.25, -0.2) is 13.1 Å². The fraction of sp³-hybridized carbons (Fsp3) is 0.471. The Morgan fingerprint density at radius 2 is 1.80 bits per heavy atom. The first-order valence-electron chi connectivity index (χ1n) is 8.14. The summed E-state index contributed by atoms with van der Waals surface area (Å²) in [6, 6.07) is 4.92. The van der Waals surface area contributed by atoms with E-state index in [9.17, 15) is 8.42 Å². The number of hydrogen-bond acceptors (Lipinski definition) is 6. The van der Waals surface area contributed by atoms with Crippen LogP contribution in [-0.2, 0) is 10.0 Å². The Hall–Kier alpha value is -2.06. The van der Waals surface area contributed by atoms with Crippen LogP contribution in [0.1, 0.15) is 43.8 Å². The Balaban J connectivity index is 2.28. The minimum absolute atomic E-state index is 0.0790. The smallest absolute Gasteiger partial charge is 0.246 e. The van der Waals surface area contributed by atoms with Crippen LogP contribution in [-0.4, -0.2) is 26.8 Å². The van der Waals surface area contributed by atoms with Crippen molar-refractivity contribution in [3.05, 3.63) is 35.2 Å². The van der Waals surface area contributed by atoms with Crippen molar-refractivity contribution in [2.45, 2.75) is 45.6 Å². The van der Waals surface area contributed by atoms with Gasteiger partial charge in [0.15, 0.2) is 17.3 Å². The largest absolute Gasteiger partial charge is 0.490 e. The van der Waals surface area contributed by atoms with Gasteiger partial charge in [-0.2, -0.15) is 0 Å².